The zero-order chi connectivity index (χ0) is 11.2. The lowest BCUT2D eigenvalue weighted by molar-refractivity contribution is 0.256. The fourth-order valence-corrected chi connectivity index (χ4v) is 2.65. The maximum absolute atomic E-state index is 6.44. The number of hydrogen-bond donors (Lipinski definition) is 1. The van der Waals surface area contributed by atoms with Crippen LogP contribution < -0.4 is 5.73 Å². The molecule has 2 aromatic rings. The zero-order valence-electron chi connectivity index (χ0n) is 9.66. The fraction of sp³-hybridized carbons (Fsp3) is 0.333. The molecule has 1 aliphatic rings. The van der Waals surface area contributed by atoms with Crippen LogP contribution in [0.1, 0.15) is 30.4 Å². The second kappa shape index (κ2) is 3.33. The predicted octanol–water partition coefficient (Wildman–Crippen LogP) is 3.49. The van der Waals surface area contributed by atoms with Gasteiger partial charge in [0.15, 0.2) is 0 Å². The fourth-order valence-electron chi connectivity index (χ4n) is 2.65. The maximum Gasteiger partial charge on any atom is 0.0415 e. The Labute approximate surface area is 96.3 Å². The summed E-state index contributed by atoms with van der Waals surface area (Å²) in [5.74, 6) is 0. The highest BCUT2D eigenvalue weighted by Crippen LogP contribution is 2.41. The van der Waals surface area contributed by atoms with E-state index in [1.807, 2.05) is 0 Å². The van der Waals surface area contributed by atoms with Crippen molar-refractivity contribution in [3.05, 3.63) is 47.5 Å². The summed E-state index contributed by atoms with van der Waals surface area (Å²) in [6, 6.07) is 13.1. The molecule has 1 aliphatic carbocycles. The van der Waals surface area contributed by atoms with Crippen molar-refractivity contribution in [3.63, 3.8) is 0 Å². The van der Waals surface area contributed by atoms with E-state index in [4.69, 9.17) is 5.73 Å². The topological polar surface area (TPSA) is 26.0 Å². The first-order valence-corrected chi connectivity index (χ1v) is 5.98. The van der Waals surface area contributed by atoms with Crippen LogP contribution in [0.5, 0.6) is 0 Å². The molecule has 0 bridgehead atoms. The van der Waals surface area contributed by atoms with Crippen LogP contribution in [0.2, 0.25) is 0 Å². The van der Waals surface area contributed by atoms with E-state index < -0.39 is 0 Å². The standard InChI is InChI=1S/C15H17N/c1-11-6-7-12-4-2-5-14(13(12)10-11)15(16)8-3-9-15/h2,4-7,10H,3,8-9,16H2,1H3. The van der Waals surface area contributed by atoms with Crippen molar-refractivity contribution in [3.8, 4) is 0 Å². The van der Waals surface area contributed by atoms with Crippen molar-refractivity contribution in [2.24, 2.45) is 5.73 Å². The van der Waals surface area contributed by atoms with E-state index in [2.05, 4.69) is 43.3 Å². The van der Waals surface area contributed by atoms with Gasteiger partial charge in [0.05, 0.1) is 0 Å². The van der Waals surface area contributed by atoms with Crippen LogP contribution in [0.15, 0.2) is 36.4 Å². The minimum atomic E-state index is -0.0622. The maximum atomic E-state index is 6.44. The third kappa shape index (κ3) is 1.35. The van der Waals surface area contributed by atoms with Crippen molar-refractivity contribution in [1.82, 2.24) is 0 Å². The first kappa shape index (κ1) is 9.86. The summed E-state index contributed by atoms with van der Waals surface area (Å²) < 4.78 is 0. The van der Waals surface area contributed by atoms with E-state index in [0.717, 1.165) is 12.8 Å². The van der Waals surface area contributed by atoms with Gasteiger partial charge in [-0.2, -0.15) is 0 Å². The van der Waals surface area contributed by atoms with Crippen LogP contribution in [0.25, 0.3) is 10.8 Å². The third-order valence-corrected chi connectivity index (χ3v) is 3.82. The summed E-state index contributed by atoms with van der Waals surface area (Å²) >= 11 is 0. The van der Waals surface area contributed by atoms with Gasteiger partial charge in [-0.1, -0.05) is 42.0 Å². The molecule has 0 unspecified atom stereocenters. The highest BCUT2D eigenvalue weighted by Gasteiger charge is 2.35. The first-order valence-electron chi connectivity index (χ1n) is 5.98. The number of rotatable bonds is 1. The highest BCUT2D eigenvalue weighted by atomic mass is 14.8. The van der Waals surface area contributed by atoms with Gasteiger partial charge in [0, 0.05) is 5.54 Å². The van der Waals surface area contributed by atoms with E-state index in [1.54, 1.807) is 0 Å². The molecule has 0 spiro atoms. The highest BCUT2D eigenvalue weighted by molar-refractivity contribution is 5.87. The predicted molar refractivity (Wildman–Crippen MR) is 68.4 cm³/mol. The van der Waals surface area contributed by atoms with Gasteiger partial charge in [-0.15, -0.1) is 0 Å². The van der Waals surface area contributed by atoms with Crippen LogP contribution in [0.4, 0.5) is 0 Å². The molecular formula is C15H17N. The smallest absolute Gasteiger partial charge is 0.0415 e. The Morgan fingerprint density at radius 3 is 2.62 bits per heavy atom. The molecule has 3 rings (SSSR count). The van der Waals surface area contributed by atoms with E-state index in [1.165, 1.54) is 28.3 Å². The SMILES string of the molecule is Cc1ccc2cccc(C3(N)CCC3)c2c1. The first-order chi connectivity index (χ1) is 7.69. The van der Waals surface area contributed by atoms with E-state index in [0.29, 0.717) is 0 Å². The molecule has 1 heteroatoms. The summed E-state index contributed by atoms with van der Waals surface area (Å²) in [4.78, 5) is 0. The van der Waals surface area contributed by atoms with Gasteiger partial charge in [-0.05, 0) is 42.5 Å². The Bertz CT molecular complexity index is 538. The minimum absolute atomic E-state index is 0.0622. The number of fused-ring (bicyclic) bond motifs is 1. The lowest BCUT2D eigenvalue weighted by Crippen LogP contribution is -2.43. The monoisotopic (exact) mass is 211 g/mol. The van der Waals surface area contributed by atoms with Gasteiger partial charge in [-0.3, -0.25) is 0 Å². The molecule has 0 radical (unpaired) electrons. The van der Waals surface area contributed by atoms with Crippen LogP contribution in [0, 0.1) is 6.92 Å². The zero-order valence-corrected chi connectivity index (χ0v) is 9.66. The molecule has 2 aromatic carbocycles. The number of benzene rings is 2. The molecule has 1 saturated carbocycles. The van der Waals surface area contributed by atoms with E-state index in [-0.39, 0.29) is 5.54 Å². The van der Waals surface area contributed by atoms with Crippen molar-refractivity contribution in [2.75, 3.05) is 0 Å². The Kier molecular flexibility index (Phi) is 2.05. The second-order valence-electron chi connectivity index (χ2n) is 5.04. The van der Waals surface area contributed by atoms with Gasteiger partial charge in [0.25, 0.3) is 0 Å². The van der Waals surface area contributed by atoms with E-state index in [9.17, 15) is 0 Å². The molecule has 0 aliphatic heterocycles. The van der Waals surface area contributed by atoms with Crippen LogP contribution in [-0.4, -0.2) is 0 Å². The molecule has 0 saturated heterocycles. The Morgan fingerprint density at radius 1 is 1.12 bits per heavy atom. The molecule has 1 nitrogen and oxygen atoms in total. The number of nitrogens with two attached hydrogens (primary N) is 1. The molecule has 0 atom stereocenters. The summed E-state index contributed by atoms with van der Waals surface area (Å²) in [7, 11) is 0. The quantitative estimate of drug-likeness (QED) is 0.767. The van der Waals surface area contributed by atoms with Gasteiger partial charge < -0.3 is 5.73 Å². The largest absolute Gasteiger partial charge is 0.321 e. The molecule has 16 heavy (non-hydrogen) atoms. The van der Waals surface area contributed by atoms with Crippen molar-refractivity contribution >= 4 is 10.8 Å². The molecular weight excluding hydrogens is 194 g/mol. The van der Waals surface area contributed by atoms with Gasteiger partial charge in [-0.25, -0.2) is 0 Å². The summed E-state index contributed by atoms with van der Waals surface area (Å²) in [6.45, 7) is 2.14. The average molecular weight is 211 g/mol. The summed E-state index contributed by atoms with van der Waals surface area (Å²) in [5, 5.41) is 2.64. The van der Waals surface area contributed by atoms with Crippen molar-refractivity contribution in [1.29, 1.82) is 0 Å². The van der Waals surface area contributed by atoms with Gasteiger partial charge >= 0.3 is 0 Å². The molecule has 0 heterocycles. The molecule has 0 aromatic heterocycles. The Balaban J connectivity index is 2.27. The third-order valence-electron chi connectivity index (χ3n) is 3.82. The van der Waals surface area contributed by atoms with Gasteiger partial charge in [0.2, 0.25) is 0 Å². The van der Waals surface area contributed by atoms with Crippen LogP contribution in [0.3, 0.4) is 0 Å². The summed E-state index contributed by atoms with van der Waals surface area (Å²) in [5.41, 5.74) is 9.02. The molecule has 2 N–H and O–H groups in total. The Morgan fingerprint density at radius 2 is 1.94 bits per heavy atom. The normalized spacial score (nSPS) is 18.4. The Hall–Kier alpha value is -1.34. The lowest BCUT2D eigenvalue weighted by atomic mass is 9.71. The summed E-state index contributed by atoms with van der Waals surface area (Å²) in [6.07, 6.45) is 3.51. The van der Waals surface area contributed by atoms with E-state index >= 15 is 0 Å². The molecule has 1 fully saturated rings. The number of aryl methyl sites for hydroxylation is 1. The van der Waals surface area contributed by atoms with Crippen LogP contribution in [-0.2, 0) is 5.54 Å². The minimum Gasteiger partial charge on any atom is -0.321 e. The van der Waals surface area contributed by atoms with Gasteiger partial charge in [0.1, 0.15) is 0 Å². The lowest BCUT2D eigenvalue weighted by Gasteiger charge is -2.39. The number of hydrogen-bond acceptors (Lipinski definition) is 1. The molecule has 0 amide bonds. The van der Waals surface area contributed by atoms with Crippen LogP contribution >= 0.6 is 0 Å². The van der Waals surface area contributed by atoms with Crippen molar-refractivity contribution in [2.45, 2.75) is 31.7 Å². The second-order valence-corrected chi connectivity index (χ2v) is 5.04. The average Bonchev–Trinajstić information content (AvgIpc) is 2.25. The van der Waals surface area contributed by atoms with Crippen molar-refractivity contribution < 1.29 is 0 Å². The molecule has 82 valence electrons.